The van der Waals surface area contributed by atoms with Crippen molar-refractivity contribution in [3.05, 3.63) is 51.7 Å². The third kappa shape index (κ3) is 1.34. The number of aryl methyl sites for hydroxylation is 1. The Hall–Kier alpha value is -1.94. The molecule has 0 bridgehead atoms. The third-order valence-corrected chi connectivity index (χ3v) is 3.70. The minimum absolute atomic E-state index is 0.230. The van der Waals surface area contributed by atoms with Crippen LogP contribution >= 0.6 is 11.3 Å². The molecule has 0 spiro atoms. The van der Waals surface area contributed by atoms with Crippen molar-refractivity contribution in [2.24, 2.45) is 0 Å². The lowest BCUT2D eigenvalue weighted by atomic mass is 10.1. The third-order valence-electron chi connectivity index (χ3n) is 2.87. The van der Waals surface area contributed by atoms with Gasteiger partial charge in [0.2, 0.25) is 0 Å². The van der Waals surface area contributed by atoms with Gasteiger partial charge in [0.1, 0.15) is 0 Å². The number of anilines is 1. The zero-order valence-corrected chi connectivity index (χ0v) is 9.95. The predicted octanol–water partition coefficient (Wildman–Crippen LogP) is 2.86. The van der Waals surface area contributed by atoms with Gasteiger partial charge in [-0.25, -0.2) is 4.90 Å². The van der Waals surface area contributed by atoms with Crippen molar-refractivity contribution in [1.82, 2.24) is 0 Å². The lowest BCUT2D eigenvalue weighted by Gasteiger charge is -2.12. The minimum atomic E-state index is -0.230. The van der Waals surface area contributed by atoms with Crippen molar-refractivity contribution < 1.29 is 9.59 Å². The quantitative estimate of drug-likeness (QED) is 0.722. The number of hydrogen-bond acceptors (Lipinski definition) is 3. The Morgan fingerprint density at radius 1 is 1.00 bits per heavy atom. The zero-order valence-electron chi connectivity index (χ0n) is 9.14. The maximum atomic E-state index is 12.2. The first kappa shape index (κ1) is 10.2. The fourth-order valence-electron chi connectivity index (χ4n) is 2.02. The van der Waals surface area contributed by atoms with E-state index >= 15 is 0 Å². The molecule has 0 saturated carbocycles. The van der Waals surface area contributed by atoms with Crippen LogP contribution in [-0.2, 0) is 0 Å². The van der Waals surface area contributed by atoms with E-state index in [4.69, 9.17) is 0 Å². The van der Waals surface area contributed by atoms with Gasteiger partial charge in [-0.3, -0.25) is 9.59 Å². The average Bonchev–Trinajstić information content (AvgIpc) is 2.84. The van der Waals surface area contributed by atoms with Crippen LogP contribution in [0.5, 0.6) is 0 Å². The maximum Gasteiger partial charge on any atom is 0.266 e. The molecule has 1 aromatic carbocycles. The summed E-state index contributed by atoms with van der Waals surface area (Å²) < 4.78 is 0. The molecule has 4 heteroatoms. The first-order valence-corrected chi connectivity index (χ1v) is 6.10. The summed E-state index contributed by atoms with van der Waals surface area (Å²) in [6, 6.07) is 8.73. The maximum absolute atomic E-state index is 12.2. The van der Waals surface area contributed by atoms with Crippen molar-refractivity contribution in [1.29, 1.82) is 0 Å². The Morgan fingerprint density at radius 3 is 2.06 bits per heavy atom. The summed E-state index contributed by atoms with van der Waals surface area (Å²) >= 11 is 1.53. The highest BCUT2D eigenvalue weighted by Crippen LogP contribution is 2.32. The summed E-state index contributed by atoms with van der Waals surface area (Å²) in [5, 5.41) is 1.88. The number of hydrogen-bond donors (Lipinski definition) is 0. The number of thiophene rings is 1. The summed E-state index contributed by atoms with van der Waals surface area (Å²) in [7, 11) is 0. The average molecular weight is 243 g/mol. The smallest absolute Gasteiger partial charge is 0.266 e. The molecule has 0 saturated heterocycles. The minimum Gasteiger partial charge on any atom is -0.268 e. The zero-order chi connectivity index (χ0) is 12.0. The first-order valence-electron chi connectivity index (χ1n) is 5.22. The van der Waals surface area contributed by atoms with Crippen molar-refractivity contribution in [3.63, 3.8) is 0 Å². The molecule has 2 aromatic rings. The fourth-order valence-corrected chi connectivity index (χ4v) is 2.70. The number of fused-ring (bicyclic) bond motifs is 1. The van der Waals surface area contributed by atoms with Gasteiger partial charge in [0.15, 0.2) is 0 Å². The lowest BCUT2D eigenvalue weighted by Crippen LogP contribution is -2.29. The number of benzene rings is 1. The molecular formula is C13H9NO2S. The highest BCUT2D eigenvalue weighted by atomic mass is 32.1. The van der Waals surface area contributed by atoms with E-state index in [1.165, 1.54) is 16.2 Å². The molecule has 0 N–H and O–H groups in total. The molecule has 3 rings (SSSR count). The molecule has 0 aliphatic carbocycles. The normalized spacial score (nSPS) is 14.3. The van der Waals surface area contributed by atoms with Crippen LogP contribution in [-0.4, -0.2) is 11.8 Å². The van der Waals surface area contributed by atoms with Crippen LogP contribution in [0.1, 0.15) is 25.6 Å². The second kappa shape index (κ2) is 3.53. The van der Waals surface area contributed by atoms with Gasteiger partial charge in [-0.15, -0.1) is 11.3 Å². The Bertz CT molecular complexity index is 595. The molecule has 2 heterocycles. The molecule has 1 aliphatic rings. The summed E-state index contributed by atoms with van der Waals surface area (Å²) in [6.07, 6.45) is 0. The van der Waals surface area contributed by atoms with E-state index in [1.54, 1.807) is 24.3 Å². The molecule has 0 atom stereocenters. The first-order chi connectivity index (χ1) is 8.20. The Kier molecular flexibility index (Phi) is 2.12. The van der Waals surface area contributed by atoms with Crippen LogP contribution in [0.15, 0.2) is 35.7 Å². The fraction of sp³-hybridized carbons (Fsp3) is 0.0769. The standard InChI is InChI=1S/C13H9NO2S/c1-8-11(6-7-17-8)14-12(15)9-4-2-3-5-10(9)13(14)16/h2-7H,1H3. The summed E-state index contributed by atoms with van der Waals surface area (Å²) in [6.45, 7) is 1.91. The SMILES string of the molecule is Cc1sccc1N1C(=O)c2ccccc2C1=O. The van der Waals surface area contributed by atoms with Gasteiger partial charge >= 0.3 is 0 Å². The number of nitrogens with zero attached hydrogens (tertiary/aromatic N) is 1. The highest BCUT2D eigenvalue weighted by Gasteiger charge is 2.37. The van der Waals surface area contributed by atoms with E-state index in [0.717, 1.165) is 4.88 Å². The van der Waals surface area contributed by atoms with Crippen molar-refractivity contribution >= 4 is 28.8 Å². The molecule has 3 nitrogen and oxygen atoms in total. The van der Waals surface area contributed by atoms with Crippen molar-refractivity contribution in [2.75, 3.05) is 4.90 Å². The van der Waals surface area contributed by atoms with E-state index in [1.807, 2.05) is 18.4 Å². The molecule has 0 radical (unpaired) electrons. The van der Waals surface area contributed by atoms with Crippen LogP contribution in [0.2, 0.25) is 0 Å². The molecule has 1 aliphatic heterocycles. The largest absolute Gasteiger partial charge is 0.268 e. The molecule has 1 aromatic heterocycles. The molecule has 84 valence electrons. The number of rotatable bonds is 1. The monoisotopic (exact) mass is 243 g/mol. The van der Waals surface area contributed by atoms with Gasteiger partial charge in [-0.2, -0.15) is 0 Å². The summed E-state index contributed by atoms with van der Waals surface area (Å²) in [4.78, 5) is 26.6. The van der Waals surface area contributed by atoms with Crippen LogP contribution < -0.4 is 4.90 Å². The second-order valence-electron chi connectivity index (χ2n) is 3.85. The molecule has 2 amide bonds. The number of carbonyl (C=O) groups is 2. The van der Waals surface area contributed by atoms with Gasteiger partial charge in [-0.1, -0.05) is 12.1 Å². The van der Waals surface area contributed by atoms with Crippen LogP contribution in [0.3, 0.4) is 0 Å². The van der Waals surface area contributed by atoms with Crippen LogP contribution in [0.25, 0.3) is 0 Å². The number of imide groups is 1. The molecular weight excluding hydrogens is 234 g/mol. The van der Waals surface area contributed by atoms with Gasteiger partial charge in [0.05, 0.1) is 16.8 Å². The summed E-state index contributed by atoms with van der Waals surface area (Å²) in [5.41, 5.74) is 1.67. The van der Waals surface area contributed by atoms with E-state index in [9.17, 15) is 9.59 Å². The predicted molar refractivity (Wildman–Crippen MR) is 66.6 cm³/mol. The van der Waals surface area contributed by atoms with Gasteiger partial charge < -0.3 is 0 Å². The van der Waals surface area contributed by atoms with Gasteiger partial charge in [0, 0.05) is 4.88 Å². The van der Waals surface area contributed by atoms with E-state index in [-0.39, 0.29) is 11.8 Å². The Balaban J connectivity index is 2.16. The lowest BCUT2D eigenvalue weighted by molar-refractivity contribution is 0.0926. The van der Waals surface area contributed by atoms with Gasteiger partial charge in [-0.05, 0) is 30.5 Å². The number of carbonyl (C=O) groups excluding carboxylic acids is 2. The van der Waals surface area contributed by atoms with Crippen molar-refractivity contribution in [2.45, 2.75) is 6.92 Å². The number of amides is 2. The highest BCUT2D eigenvalue weighted by molar-refractivity contribution is 7.10. The topological polar surface area (TPSA) is 37.4 Å². The molecule has 0 fully saturated rings. The Labute approximate surface area is 102 Å². The molecule has 0 unspecified atom stereocenters. The van der Waals surface area contributed by atoms with E-state index in [2.05, 4.69) is 0 Å². The Morgan fingerprint density at radius 2 is 1.59 bits per heavy atom. The summed E-state index contributed by atoms with van der Waals surface area (Å²) in [5.74, 6) is -0.459. The van der Waals surface area contributed by atoms with E-state index in [0.29, 0.717) is 16.8 Å². The van der Waals surface area contributed by atoms with Gasteiger partial charge in [0.25, 0.3) is 11.8 Å². The van der Waals surface area contributed by atoms with Crippen molar-refractivity contribution in [3.8, 4) is 0 Å². The van der Waals surface area contributed by atoms with Crippen LogP contribution in [0, 0.1) is 6.92 Å². The molecule has 17 heavy (non-hydrogen) atoms. The van der Waals surface area contributed by atoms with E-state index < -0.39 is 0 Å². The van der Waals surface area contributed by atoms with Crippen LogP contribution in [0.4, 0.5) is 5.69 Å². The second-order valence-corrected chi connectivity index (χ2v) is 4.97.